The lowest BCUT2D eigenvalue weighted by Crippen LogP contribution is -2.20. The molecular formula is C12H20N2O. The number of ether oxygens (including phenoxy) is 1. The first-order valence-corrected chi connectivity index (χ1v) is 5.17. The summed E-state index contributed by atoms with van der Waals surface area (Å²) < 4.78 is 5.10. The second-order valence-electron chi connectivity index (χ2n) is 3.97. The SMILES string of the molecule is COc1ccc([C@H](N)CCN(C)C)cc1. The van der Waals surface area contributed by atoms with E-state index in [4.69, 9.17) is 10.5 Å². The Morgan fingerprint density at radius 2 is 1.87 bits per heavy atom. The van der Waals surface area contributed by atoms with Gasteiger partial charge in [-0.2, -0.15) is 0 Å². The highest BCUT2D eigenvalue weighted by molar-refractivity contribution is 5.28. The fraction of sp³-hybridized carbons (Fsp3) is 0.500. The Morgan fingerprint density at radius 3 is 2.33 bits per heavy atom. The van der Waals surface area contributed by atoms with E-state index in [1.54, 1.807) is 7.11 Å². The van der Waals surface area contributed by atoms with Crippen molar-refractivity contribution < 1.29 is 4.74 Å². The second-order valence-corrected chi connectivity index (χ2v) is 3.97. The van der Waals surface area contributed by atoms with Crippen molar-refractivity contribution in [2.75, 3.05) is 27.7 Å². The largest absolute Gasteiger partial charge is 0.497 e. The summed E-state index contributed by atoms with van der Waals surface area (Å²) in [5.74, 6) is 0.874. The maximum absolute atomic E-state index is 6.07. The average molecular weight is 208 g/mol. The smallest absolute Gasteiger partial charge is 0.118 e. The molecular weight excluding hydrogens is 188 g/mol. The van der Waals surface area contributed by atoms with Gasteiger partial charge in [-0.3, -0.25) is 0 Å². The molecule has 84 valence electrons. The zero-order valence-electron chi connectivity index (χ0n) is 9.73. The van der Waals surface area contributed by atoms with E-state index < -0.39 is 0 Å². The Balaban J connectivity index is 2.54. The van der Waals surface area contributed by atoms with Crippen LogP contribution in [0.15, 0.2) is 24.3 Å². The number of hydrogen-bond acceptors (Lipinski definition) is 3. The summed E-state index contributed by atoms with van der Waals surface area (Å²) in [6, 6.07) is 8.06. The lowest BCUT2D eigenvalue weighted by Gasteiger charge is -2.15. The van der Waals surface area contributed by atoms with Crippen LogP contribution in [-0.4, -0.2) is 32.6 Å². The standard InChI is InChI=1S/C12H20N2O/c1-14(2)9-8-12(13)10-4-6-11(15-3)7-5-10/h4-7,12H,8-9,13H2,1-3H3/t12-/m1/s1. The molecule has 0 radical (unpaired) electrons. The lowest BCUT2D eigenvalue weighted by atomic mass is 10.0. The quantitative estimate of drug-likeness (QED) is 0.799. The van der Waals surface area contributed by atoms with E-state index in [-0.39, 0.29) is 6.04 Å². The highest BCUT2D eigenvalue weighted by Gasteiger charge is 2.06. The summed E-state index contributed by atoms with van der Waals surface area (Å²) in [6.07, 6.45) is 0.972. The number of hydrogen-bond donors (Lipinski definition) is 1. The molecule has 1 aromatic carbocycles. The summed E-state index contributed by atoms with van der Waals surface area (Å²) in [5.41, 5.74) is 7.23. The molecule has 0 spiro atoms. The van der Waals surface area contributed by atoms with Crippen LogP contribution in [0.25, 0.3) is 0 Å². The Bertz CT molecular complexity index is 282. The minimum absolute atomic E-state index is 0.110. The topological polar surface area (TPSA) is 38.5 Å². The molecule has 0 amide bonds. The molecule has 0 aliphatic heterocycles. The van der Waals surface area contributed by atoms with Crippen LogP contribution in [0.2, 0.25) is 0 Å². The van der Waals surface area contributed by atoms with Crippen LogP contribution in [0.3, 0.4) is 0 Å². The molecule has 0 saturated heterocycles. The van der Waals surface area contributed by atoms with Crippen LogP contribution in [0, 0.1) is 0 Å². The predicted molar refractivity (Wildman–Crippen MR) is 63.1 cm³/mol. The Morgan fingerprint density at radius 1 is 1.27 bits per heavy atom. The van der Waals surface area contributed by atoms with Crippen LogP contribution in [0.5, 0.6) is 5.75 Å². The molecule has 3 heteroatoms. The van der Waals surface area contributed by atoms with Crippen molar-refractivity contribution >= 4 is 0 Å². The van der Waals surface area contributed by atoms with E-state index in [1.165, 1.54) is 0 Å². The predicted octanol–water partition coefficient (Wildman–Crippen LogP) is 1.65. The van der Waals surface area contributed by atoms with E-state index in [0.29, 0.717) is 0 Å². The second kappa shape index (κ2) is 5.73. The Kier molecular flexibility index (Phi) is 4.59. The van der Waals surface area contributed by atoms with Gasteiger partial charge in [0.1, 0.15) is 5.75 Å². The van der Waals surface area contributed by atoms with Crippen LogP contribution in [-0.2, 0) is 0 Å². The van der Waals surface area contributed by atoms with Crippen molar-refractivity contribution in [3.8, 4) is 5.75 Å². The average Bonchev–Trinajstić information content (AvgIpc) is 2.26. The zero-order chi connectivity index (χ0) is 11.3. The molecule has 1 aromatic rings. The van der Waals surface area contributed by atoms with Crippen molar-refractivity contribution in [2.24, 2.45) is 5.73 Å². The fourth-order valence-corrected chi connectivity index (χ4v) is 1.42. The first-order chi connectivity index (χ1) is 7.13. The van der Waals surface area contributed by atoms with Crippen molar-refractivity contribution in [3.05, 3.63) is 29.8 Å². The molecule has 3 nitrogen and oxygen atoms in total. The van der Waals surface area contributed by atoms with Gasteiger partial charge in [0.25, 0.3) is 0 Å². The van der Waals surface area contributed by atoms with Crippen LogP contribution < -0.4 is 10.5 Å². The number of nitrogens with zero attached hydrogens (tertiary/aromatic N) is 1. The van der Waals surface area contributed by atoms with Gasteiger partial charge in [0.2, 0.25) is 0 Å². The van der Waals surface area contributed by atoms with Gasteiger partial charge in [-0.25, -0.2) is 0 Å². The van der Waals surface area contributed by atoms with Crippen molar-refractivity contribution in [1.29, 1.82) is 0 Å². The van der Waals surface area contributed by atoms with Crippen LogP contribution >= 0.6 is 0 Å². The van der Waals surface area contributed by atoms with Crippen molar-refractivity contribution in [1.82, 2.24) is 4.90 Å². The summed E-state index contributed by atoms with van der Waals surface area (Å²) in [4.78, 5) is 2.14. The minimum atomic E-state index is 0.110. The number of rotatable bonds is 5. The van der Waals surface area contributed by atoms with Gasteiger partial charge in [-0.05, 0) is 44.8 Å². The van der Waals surface area contributed by atoms with Gasteiger partial charge in [0, 0.05) is 6.04 Å². The van der Waals surface area contributed by atoms with E-state index in [1.807, 2.05) is 24.3 Å². The van der Waals surface area contributed by atoms with Gasteiger partial charge in [-0.1, -0.05) is 12.1 Å². The number of nitrogens with two attached hydrogens (primary N) is 1. The molecule has 0 fully saturated rings. The van der Waals surface area contributed by atoms with Gasteiger partial charge in [-0.15, -0.1) is 0 Å². The minimum Gasteiger partial charge on any atom is -0.497 e. The van der Waals surface area contributed by atoms with Crippen molar-refractivity contribution in [2.45, 2.75) is 12.5 Å². The molecule has 0 saturated carbocycles. The molecule has 0 bridgehead atoms. The molecule has 0 unspecified atom stereocenters. The van der Waals surface area contributed by atoms with Crippen LogP contribution in [0.4, 0.5) is 0 Å². The normalized spacial score (nSPS) is 12.9. The van der Waals surface area contributed by atoms with E-state index >= 15 is 0 Å². The molecule has 15 heavy (non-hydrogen) atoms. The molecule has 2 N–H and O–H groups in total. The molecule has 0 heterocycles. The van der Waals surface area contributed by atoms with Crippen LogP contribution in [0.1, 0.15) is 18.0 Å². The van der Waals surface area contributed by atoms with Gasteiger partial charge < -0.3 is 15.4 Å². The van der Waals surface area contributed by atoms with Gasteiger partial charge >= 0.3 is 0 Å². The van der Waals surface area contributed by atoms with Gasteiger partial charge in [0.05, 0.1) is 7.11 Å². The first-order valence-electron chi connectivity index (χ1n) is 5.17. The molecule has 0 aliphatic rings. The van der Waals surface area contributed by atoms with E-state index in [2.05, 4.69) is 19.0 Å². The Hall–Kier alpha value is -1.06. The monoisotopic (exact) mass is 208 g/mol. The fourth-order valence-electron chi connectivity index (χ4n) is 1.42. The highest BCUT2D eigenvalue weighted by atomic mass is 16.5. The third-order valence-corrected chi connectivity index (χ3v) is 2.43. The summed E-state index contributed by atoms with van der Waals surface area (Å²) in [6.45, 7) is 1.01. The summed E-state index contributed by atoms with van der Waals surface area (Å²) in [5, 5.41) is 0. The highest BCUT2D eigenvalue weighted by Crippen LogP contribution is 2.18. The van der Waals surface area contributed by atoms with E-state index in [0.717, 1.165) is 24.3 Å². The maximum atomic E-state index is 6.07. The zero-order valence-corrected chi connectivity index (χ0v) is 9.73. The first kappa shape index (κ1) is 12.0. The third-order valence-electron chi connectivity index (χ3n) is 2.43. The van der Waals surface area contributed by atoms with Gasteiger partial charge in [0.15, 0.2) is 0 Å². The molecule has 0 aliphatic carbocycles. The maximum Gasteiger partial charge on any atom is 0.118 e. The van der Waals surface area contributed by atoms with E-state index in [9.17, 15) is 0 Å². The molecule has 1 atom stereocenters. The Labute approximate surface area is 91.8 Å². The number of benzene rings is 1. The summed E-state index contributed by atoms with van der Waals surface area (Å²) >= 11 is 0. The molecule has 0 aromatic heterocycles. The molecule has 1 rings (SSSR count). The lowest BCUT2D eigenvalue weighted by molar-refractivity contribution is 0.382. The summed E-state index contributed by atoms with van der Waals surface area (Å²) in [7, 11) is 5.78. The third kappa shape index (κ3) is 3.90. The number of methoxy groups -OCH3 is 1. The van der Waals surface area contributed by atoms with Crippen molar-refractivity contribution in [3.63, 3.8) is 0 Å².